The van der Waals surface area contributed by atoms with Gasteiger partial charge in [0.15, 0.2) is 0 Å². The molecule has 2 aliphatic rings. The van der Waals surface area contributed by atoms with Gasteiger partial charge in [-0.05, 0) is 45.8 Å². The predicted molar refractivity (Wildman–Crippen MR) is 59.5 cm³/mol. The van der Waals surface area contributed by atoms with E-state index in [9.17, 15) is 0 Å². The Morgan fingerprint density at radius 1 is 1.07 bits per heavy atom. The van der Waals surface area contributed by atoms with Gasteiger partial charge >= 0.3 is 0 Å². The zero-order valence-corrected chi connectivity index (χ0v) is 9.42. The Kier molecular flexibility index (Phi) is 3.42. The molecule has 0 saturated carbocycles. The minimum atomic E-state index is 0.650. The maximum Gasteiger partial charge on any atom is 0.0248 e. The van der Waals surface area contributed by atoms with Crippen molar-refractivity contribution in [3.63, 3.8) is 0 Å². The van der Waals surface area contributed by atoms with Crippen LogP contribution in [-0.2, 0) is 0 Å². The molecule has 2 fully saturated rings. The van der Waals surface area contributed by atoms with Gasteiger partial charge in [0, 0.05) is 25.2 Å². The number of nitrogens with one attached hydrogen (secondary N) is 2. The van der Waals surface area contributed by atoms with E-state index in [-0.39, 0.29) is 0 Å². The van der Waals surface area contributed by atoms with Gasteiger partial charge in [0.05, 0.1) is 0 Å². The van der Waals surface area contributed by atoms with Crippen LogP contribution in [0.5, 0.6) is 0 Å². The molecule has 2 aliphatic heterocycles. The number of piperazine rings is 1. The molecule has 82 valence electrons. The molecule has 2 saturated heterocycles. The number of hydrogen-bond acceptors (Lipinski definition) is 3. The smallest absolute Gasteiger partial charge is 0.0248 e. The quantitative estimate of drug-likeness (QED) is 0.632. The van der Waals surface area contributed by atoms with E-state index < -0.39 is 0 Å². The Hall–Kier alpha value is -0.120. The monoisotopic (exact) mass is 197 g/mol. The zero-order valence-electron chi connectivity index (χ0n) is 9.42. The SMILES string of the molecule is CC1NCCNC1C1CCN(C)CC1. The second-order valence-corrected chi connectivity index (χ2v) is 4.86. The highest BCUT2D eigenvalue weighted by atomic mass is 15.1. The van der Waals surface area contributed by atoms with Crippen LogP contribution in [0.3, 0.4) is 0 Å². The first-order valence-corrected chi connectivity index (χ1v) is 5.92. The second kappa shape index (κ2) is 4.60. The Bertz CT molecular complexity index is 175. The summed E-state index contributed by atoms with van der Waals surface area (Å²) in [7, 11) is 2.23. The van der Waals surface area contributed by atoms with Crippen LogP contribution in [0, 0.1) is 5.92 Å². The van der Waals surface area contributed by atoms with Gasteiger partial charge in [-0.3, -0.25) is 0 Å². The lowest BCUT2D eigenvalue weighted by molar-refractivity contribution is 0.155. The summed E-state index contributed by atoms with van der Waals surface area (Å²) in [5.74, 6) is 0.883. The predicted octanol–water partition coefficient (Wildman–Crippen LogP) is 0.278. The molecule has 0 aromatic carbocycles. The molecule has 0 aliphatic carbocycles. The fourth-order valence-corrected chi connectivity index (χ4v) is 2.81. The van der Waals surface area contributed by atoms with Crippen molar-refractivity contribution in [2.45, 2.75) is 31.8 Å². The minimum absolute atomic E-state index is 0.650. The second-order valence-electron chi connectivity index (χ2n) is 4.86. The molecule has 2 unspecified atom stereocenters. The molecular weight excluding hydrogens is 174 g/mol. The van der Waals surface area contributed by atoms with E-state index >= 15 is 0 Å². The Labute approximate surface area is 87.2 Å². The largest absolute Gasteiger partial charge is 0.311 e. The van der Waals surface area contributed by atoms with Gasteiger partial charge in [-0.2, -0.15) is 0 Å². The Morgan fingerprint density at radius 2 is 1.71 bits per heavy atom. The molecule has 3 heteroatoms. The maximum atomic E-state index is 3.67. The number of piperidine rings is 1. The van der Waals surface area contributed by atoms with Gasteiger partial charge in [0.25, 0.3) is 0 Å². The van der Waals surface area contributed by atoms with Gasteiger partial charge in [0.2, 0.25) is 0 Å². The van der Waals surface area contributed by atoms with E-state index in [4.69, 9.17) is 0 Å². The average molecular weight is 197 g/mol. The van der Waals surface area contributed by atoms with Crippen LogP contribution in [0.2, 0.25) is 0 Å². The summed E-state index contributed by atoms with van der Waals surface area (Å²) in [4.78, 5) is 2.44. The van der Waals surface area contributed by atoms with E-state index in [0.717, 1.165) is 19.0 Å². The van der Waals surface area contributed by atoms with Crippen molar-refractivity contribution in [1.29, 1.82) is 0 Å². The van der Waals surface area contributed by atoms with Crippen LogP contribution in [0.4, 0.5) is 0 Å². The van der Waals surface area contributed by atoms with E-state index in [2.05, 4.69) is 29.5 Å². The lowest BCUT2D eigenvalue weighted by Gasteiger charge is -2.40. The topological polar surface area (TPSA) is 27.3 Å². The lowest BCUT2D eigenvalue weighted by atomic mass is 9.85. The first-order valence-electron chi connectivity index (χ1n) is 5.92. The van der Waals surface area contributed by atoms with Crippen LogP contribution < -0.4 is 10.6 Å². The van der Waals surface area contributed by atoms with Crippen molar-refractivity contribution in [3.8, 4) is 0 Å². The molecule has 2 heterocycles. The molecule has 3 nitrogen and oxygen atoms in total. The minimum Gasteiger partial charge on any atom is -0.311 e. The summed E-state index contributed by atoms with van der Waals surface area (Å²) in [5, 5.41) is 7.24. The van der Waals surface area contributed by atoms with Crippen LogP contribution in [-0.4, -0.2) is 50.2 Å². The summed E-state index contributed by atoms with van der Waals surface area (Å²) in [6.07, 6.45) is 2.72. The fourth-order valence-electron chi connectivity index (χ4n) is 2.81. The Balaban J connectivity index is 1.87. The molecule has 2 atom stereocenters. The highest BCUT2D eigenvalue weighted by molar-refractivity contribution is 4.90. The normalized spacial score (nSPS) is 37.3. The van der Waals surface area contributed by atoms with Crippen molar-refractivity contribution in [2.24, 2.45) is 5.92 Å². The average Bonchev–Trinajstić information content (AvgIpc) is 2.20. The van der Waals surface area contributed by atoms with Gasteiger partial charge in [0.1, 0.15) is 0 Å². The highest BCUT2D eigenvalue weighted by Crippen LogP contribution is 2.22. The molecule has 14 heavy (non-hydrogen) atoms. The van der Waals surface area contributed by atoms with Crippen LogP contribution in [0.25, 0.3) is 0 Å². The molecular formula is C11H23N3. The van der Waals surface area contributed by atoms with Gasteiger partial charge in [-0.1, -0.05) is 0 Å². The fraction of sp³-hybridized carbons (Fsp3) is 1.00. The lowest BCUT2D eigenvalue weighted by Crippen LogP contribution is -2.58. The maximum absolute atomic E-state index is 3.67. The zero-order chi connectivity index (χ0) is 9.97. The van der Waals surface area contributed by atoms with Crippen LogP contribution in [0.1, 0.15) is 19.8 Å². The van der Waals surface area contributed by atoms with Gasteiger partial charge in [-0.25, -0.2) is 0 Å². The highest BCUT2D eigenvalue weighted by Gasteiger charge is 2.30. The summed E-state index contributed by atoms with van der Waals surface area (Å²) in [6, 6.07) is 1.36. The van der Waals surface area contributed by atoms with Crippen molar-refractivity contribution < 1.29 is 0 Å². The summed E-state index contributed by atoms with van der Waals surface area (Å²) in [5.41, 5.74) is 0. The molecule has 2 N–H and O–H groups in total. The number of rotatable bonds is 1. The number of hydrogen-bond donors (Lipinski definition) is 2. The molecule has 0 spiro atoms. The van der Waals surface area contributed by atoms with E-state index in [0.29, 0.717) is 12.1 Å². The van der Waals surface area contributed by atoms with Gasteiger partial charge < -0.3 is 15.5 Å². The van der Waals surface area contributed by atoms with Crippen molar-refractivity contribution in [2.75, 3.05) is 33.2 Å². The number of nitrogens with zero attached hydrogens (tertiary/aromatic N) is 1. The third-order valence-electron chi connectivity index (χ3n) is 3.78. The molecule has 2 rings (SSSR count). The van der Waals surface area contributed by atoms with Crippen molar-refractivity contribution in [1.82, 2.24) is 15.5 Å². The van der Waals surface area contributed by atoms with E-state index in [1.807, 2.05) is 0 Å². The van der Waals surface area contributed by atoms with Crippen molar-refractivity contribution >= 4 is 0 Å². The Morgan fingerprint density at radius 3 is 2.36 bits per heavy atom. The van der Waals surface area contributed by atoms with Gasteiger partial charge in [-0.15, -0.1) is 0 Å². The molecule has 0 amide bonds. The first-order chi connectivity index (χ1) is 6.77. The molecule has 0 aromatic rings. The standard InChI is InChI=1S/C11H23N3/c1-9-11(13-6-5-12-9)10-3-7-14(2)8-4-10/h9-13H,3-8H2,1-2H3. The number of likely N-dealkylation sites (tertiary alicyclic amines) is 1. The molecule has 0 radical (unpaired) electrons. The van der Waals surface area contributed by atoms with E-state index in [1.165, 1.54) is 25.9 Å². The summed E-state index contributed by atoms with van der Waals surface area (Å²) >= 11 is 0. The van der Waals surface area contributed by atoms with Crippen LogP contribution >= 0.6 is 0 Å². The summed E-state index contributed by atoms with van der Waals surface area (Å²) in [6.45, 7) is 7.13. The third kappa shape index (κ3) is 2.27. The molecule has 0 bridgehead atoms. The van der Waals surface area contributed by atoms with Crippen LogP contribution in [0.15, 0.2) is 0 Å². The van der Waals surface area contributed by atoms with E-state index in [1.54, 1.807) is 0 Å². The van der Waals surface area contributed by atoms with Crippen molar-refractivity contribution in [3.05, 3.63) is 0 Å². The molecule has 0 aromatic heterocycles. The third-order valence-corrected chi connectivity index (χ3v) is 3.78. The first kappa shape index (κ1) is 10.4. The summed E-state index contributed by atoms with van der Waals surface area (Å²) < 4.78 is 0.